The molecule has 0 saturated heterocycles. The number of hydrogen-bond donors (Lipinski definition) is 1. The van der Waals surface area contributed by atoms with Gasteiger partial charge in [-0.25, -0.2) is 0 Å². The first-order valence-electron chi connectivity index (χ1n) is 5.57. The number of hydrogen-bond acceptors (Lipinski definition) is 2. The molecule has 0 aromatic heterocycles. The van der Waals surface area contributed by atoms with Gasteiger partial charge in [-0.3, -0.25) is 0 Å². The maximum absolute atomic E-state index is 8.60. The second-order valence-electron chi connectivity index (χ2n) is 3.47. The zero-order valence-electron chi connectivity index (χ0n) is 9.09. The Bertz CT molecular complexity index is 94.1. The van der Waals surface area contributed by atoms with Gasteiger partial charge >= 0.3 is 0 Å². The molecular weight excluding hydrogens is 164 g/mol. The largest absolute Gasteiger partial charge is 0.394 e. The Labute approximate surface area is 82.3 Å². The molecule has 1 unspecified atom stereocenters. The van der Waals surface area contributed by atoms with Crippen LogP contribution in [0.1, 0.15) is 52.4 Å². The minimum Gasteiger partial charge on any atom is -0.394 e. The molecule has 0 radical (unpaired) electrons. The third kappa shape index (κ3) is 8.26. The fourth-order valence-electron chi connectivity index (χ4n) is 1.42. The van der Waals surface area contributed by atoms with Crippen molar-refractivity contribution in [1.29, 1.82) is 0 Å². The van der Waals surface area contributed by atoms with Crippen molar-refractivity contribution < 1.29 is 9.84 Å². The molecule has 0 aliphatic carbocycles. The summed E-state index contributed by atoms with van der Waals surface area (Å²) < 4.78 is 5.47. The lowest BCUT2D eigenvalue weighted by Crippen LogP contribution is -2.14. The Balaban J connectivity index is 3.25. The van der Waals surface area contributed by atoms with Crippen LogP contribution >= 0.6 is 0 Å². The highest BCUT2D eigenvalue weighted by Crippen LogP contribution is 2.10. The van der Waals surface area contributed by atoms with E-state index in [4.69, 9.17) is 9.84 Å². The average Bonchev–Trinajstić information content (AvgIpc) is 2.17. The van der Waals surface area contributed by atoms with Gasteiger partial charge in [0.25, 0.3) is 0 Å². The summed E-state index contributed by atoms with van der Waals surface area (Å²) in [5.74, 6) is 0. The fourth-order valence-corrected chi connectivity index (χ4v) is 1.42. The van der Waals surface area contributed by atoms with E-state index < -0.39 is 0 Å². The lowest BCUT2D eigenvalue weighted by atomic mass is 10.1. The molecule has 2 heteroatoms. The number of aliphatic hydroxyl groups excluding tert-OH is 1. The highest BCUT2D eigenvalue weighted by Gasteiger charge is 2.04. The first-order valence-corrected chi connectivity index (χ1v) is 5.57. The molecule has 0 aliphatic heterocycles. The van der Waals surface area contributed by atoms with E-state index in [1.807, 2.05) is 0 Å². The third-order valence-electron chi connectivity index (χ3n) is 2.28. The van der Waals surface area contributed by atoms with E-state index in [2.05, 4.69) is 13.8 Å². The molecule has 0 aliphatic rings. The SMILES string of the molecule is CCCCCCC(CC)OCCO. The molecule has 0 aromatic rings. The highest BCUT2D eigenvalue weighted by molar-refractivity contribution is 4.55. The van der Waals surface area contributed by atoms with Crippen molar-refractivity contribution in [3.63, 3.8) is 0 Å². The molecule has 0 heterocycles. The van der Waals surface area contributed by atoms with Crippen LogP contribution in [0.5, 0.6) is 0 Å². The summed E-state index contributed by atoms with van der Waals surface area (Å²) >= 11 is 0. The van der Waals surface area contributed by atoms with Gasteiger partial charge in [0.1, 0.15) is 0 Å². The van der Waals surface area contributed by atoms with Crippen molar-refractivity contribution in [2.75, 3.05) is 13.2 Å². The topological polar surface area (TPSA) is 29.5 Å². The summed E-state index contributed by atoms with van der Waals surface area (Å²) in [4.78, 5) is 0. The number of aliphatic hydroxyl groups is 1. The quantitative estimate of drug-likeness (QED) is 0.564. The van der Waals surface area contributed by atoms with Crippen LogP contribution in [-0.4, -0.2) is 24.4 Å². The molecule has 0 bridgehead atoms. The zero-order valence-corrected chi connectivity index (χ0v) is 9.09. The minimum atomic E-state index is 0.144. The molecular formula is C11H24O2. The lowest BCUT2D eigenvalue weighted by Gasteiger charge is -2.14. The summed E-state index contributed by atoms with van der Waals surface area (Å²) in [7, 11) is 0. The van der Waals surface area contributed by atoms with Crippen molar-refractivity contribution in [3.05, 3.63) is 0 Å². The second kappa shape index (κ2) is 10.0. The molecule has 13 heavy (non-hydrogen) atoms. The number of rotatable bonds is 9. The van der Waals surface area contributed by atoms with Gasteiger partial charge in [-0.1, -0.05) is 39.5 Å². The maximum atomic E-state index is 8.60. The van der Waals surface area contributed by atoms with Crippen molar-refractivity contribution in [2.45, 2.75) is 58.5 Å². The van der Waals surface area contributed by atoms with Crippen molar-refractivity contribution in [3.8, 4) is 0 Å². The molecule has 80 valence electrons. The van der Waals surface area contributed by atoms with Gasteiger partial charge < -0.3 is 9.84 Å². The summed E-state index contributed by atoms with van der Waals surface area (Å²) in [6, 6.07) is 0. The lowest BCUT2D eigenvalue weighted by molar-refractivity contribution is 0.0208. The maximum Gasteiger partial charge on any atom is 0.0701 e. The molecule has 0 spiro atoms. The molecule has 2 nitrogen and oxygen atoms in total. The Morgan fingerprint density at radius 2 is 1.92 bits per heavy atom. The van der Waals surface area contributed by atoms with Crippen LogP contribution < -0.4 is 0 Å². The van der Waals surface area contributed by atoms with Gasteiger partial charge in [0, 0.05) is 0 Å². The molecule has 0 rings (SSSR count). The molecule has 0 amide bonds. The van der Waals surface area contributed by atoms with Gasteiger partial charge in [0.15, 0.2) is 0 Å². The van der Waals surface area contributed by atoms with Gasteiger partial charge in [0.2, 0.25) is 0 Å². The Morgan fingerprint density at radius 3 is 2.46 bits per heavy atom. The Hall–Kier alpha value is -0.0800. The van der Waals surface area contributed by atoms with E-state index in [1.165, 1.54) is 25.7 Å². The van der Waals surface area contributed by atoms with Gasteiger partial charge in [-0.15, -0.1) is 0 Å². The normalized spacial score (nSPS) is 13.2. The van der Waals surface area contributed by atoms with E-state index in [1.54, 1.807) is 0 Å². The van der Waals surface area contributed by atoms with Crippen LogP contribution in [-0.2, 0) is 4.74 Å². The van der Waals surface area contributed by atoms with Gasteiger partial charge in [0.05, 0.1) is 19.3 Å². The smallest absolute Gasteiger partial charge is 0.0701 e. The molecule has 0 saturated carbocycles. The van der Waals surface area contributed by atoms with Crippen molar-refractivity contribution in [1.82, 2.24) is 0 Å². The highest BCUT2D eigenvalue weighted by atomic mass is 16.5. The monoisotopic (exact) mass is 188 g/mol. The fraction of sp³-hybridized carbons (Fsp3) is 1.00. The molecule has 0 fully saturated rings. The van der Waals surface area contributed by atoms with E-state index in [9.17, 15) is 0 Å². The first kappa shape index (κ1) is 12.9. The van der Waals surface area contributed by atoms with E-state index >= 15 is 0 Å². The second-order valence-corrected chi connectivity index (χ2v) is 3.47. The molecule has 0 aromatic carbocycles. The average molecular weight is 188 g/mol. The Kier molecular flexibility index (Phi) is 9.94. The van der Waals surface area contributed by atoms with Gasteiger partial charge in [-0.2, -0.15) is 0 Å². The van der Waals surface area contributed by atoms with Crippen molar-refractivity contribution >= 4 is 0 Å². The molecule has 1 atom stereocenters. The first-order chi connectivity index (χ1) is 6.35. The van der Waals surface area contributed by atoms with Crippen LogP contribution in [0, 0.1) is 0 Å². The van der Waals surface area contributed by atoms with E-state index in [0.29, 0.717) is 12.7 Å². The standard InChI is InChI=1S/C11H24O2/c1-3-5-6-7-8-11(4-2)13-10-9-12/h11-12H,3-10H2,1-2H3. The Morgan fingerprint density at radius 1 is 1.15 bits per heavy atom. The van der Waals surface area contributed by atoms with Crippen LogP contribution in [0.2, 0.25) is 0 Å². The van der Waals surface area contributed by atoms with Crippen LogP contribution in [0.15, 0.2) is 0 Å². The van der Waals surface area contributed by atoms with Crippen molar-refractivity contribution in [2.24, 2.45) is 0 Å². The van der Waals surface area contributed by atoms with Crippen LogP contribution in [0.3, 0.4) is 0 Å². The van der Waals surface area contributed by atoms with Gasteiger partial charge in [-0.05, 0) is 12.8 Å². The summed E-state index contributed by atoms with van der Waals surface area (Å²) in [5, 5.41) is 8.60. The van der Waals surface area contributed by atoms with E-state index in [0.717, 1.165) is 12.8 Å². The summed E-state index contributed by atoms with van der Waals surface area (Å²) in [6.07, 6.45) is 7.77. The van der Waals surface area contributed by atoms with E-state index in [-0.39, 0.29) is 6.61 Å². The summed E-state index contributed by atoms with van der Waals surface area (Å²) in [5.41, 5.74) is 0. The predicted molar refractivity (Wildman–Crippen MR) is 55.9 cm³/mol. The number of ether oxygens (including phenoxy) is 1. The minimum absolute atomic E-state index is 0.144. The third-order valence-corrected chi connectivity index (χ3v) is 2.28. The molecule has 1 N–H and O–H groups in total. The predicted octanol–water partition coefficient (Wildman–Crippen LogP) is 2.74. The number of unbranched alkanes of at least 4 members (excludes halogenated alkanes) is 3. The zero-order chi connectivity index (χ0) is 9.94. The van der Waals surface area contributed by atoms with Crippen LogP contribution in [0.25, 0.3) is 0 Å². The van der Waals surface area contributed by atoms with Crippen LogP contribution in [0.4, 0.5) is 0 Å². The summed E-state index contributed by atoms with van der Waals surface area (Å²) in [6.45, 7) is 5.00.